The minimum absolute atomic E-state index is 0.0416. The highest BCUT2D eigenvalue weighted by atomic mass is 16.1. The molecule has 0 amide bonds. The summed E-state index contributed by atoms with van der Waals surface area (Å²) in [6.45, 7) is 2.09. The highest BCUT2D eigenvalue weighted by Gasteiger charge is 2.11. The van der Waals surface area contributed by atoms with Gasteiger partial charge in [-0.15, -0.1) is 0 Å². The highest BCUT2D eigenvalue weighted by Crippen LogP contribution is 2.22. The summed E-state index contributed by atoms with van der Waals surface area (Å²) in [6, 6.07) is 19.2. The van der Waals surface area contributed by atoms with E-state index in [9.17, 15) is 4.79 Å². The number of hydrogen-bond acceptors (Lipinski definition) is 2. The van der Waals surface area contributed by atoms with Crippen molar-refractivity contribution >= 4 is 5.78 Å². The molecule has 0 N–H and O–H groups in total. The molecule has 2 aromatic rings. The molecule has 20 heavy (non-hydrogen) atoms. The molecule has 0 saturated carbocycles. The summed E-state index contributed by atoms with van der Waals surface area (Å²) in [5.74, 6) is 0.332. The first-order chi connectivity index (χ1) is 9.72. The predicted octanol–water partition coefficient (Wildman–Crippen LogP) is 4.32. The summed E-state index contributed by atoms with van der Waals surface area (Å²) in [5.41, 5.74) is 2.52. The van der Waals surface area contributed by atoms with Crippen LogP contribution in [0.5, 0.6) is 0 Å². The van der Waals surface area contributed by atoms with Gasteiger partial charge in [0.15, 0.2) is 5.78 Å². The number of rotatable bonds is 5. The zero-order valence-corrected chi connectivity index (χ0v) is 11.5. The molecule has 0 saturated heterocycles. The fourth-order valence-corrected chi connectivity index (χ4v) is 2.19. The standard InChI is InChI=1S/C18H17NO/c1-14(7-6-12-19)16-10-5-11-17(13-16)18(20)15-8-3-2-4-9-15/h2-5,8-11,13-14H,6-7H2,1H3. The number of carbonyl (C=O) groups excluding carboxylic acids is 1. The van der Waals surface area contributed by atoms with Crippen molar-refractivity contribution in [3.05, 3.63) is 71.3 Å². The minimum Gasteiger partial charge on any atom is -0.289 e. The van der Waals surface area contributed by atoms with E-state index in [1.807, 2.05) is 54.6 Å². The van der Waals surface area contributed by atoms with E-state index in [4.69, 9.17) is 5.26 Å². The van der Waals surface area contributed by atoms with Crippen molar-refractivity contribution in [1.82, 2.24) is 0 Å². The fourth-order valence-electron chi connectivity index (χ4n) is 2.19. The Kier molecular flexibility index (Phi) is 4.68. The summed E-state index contributed by atoms with van der Waals surface area (Å²) in [7, 11) is 0. The first-order valence-electron chi connectivity index (χ1n) is 6.79. The van der Waals surface area contributed by atoms with Gasteiger partial charge in [-0.05, 0) is 24.0 Å². The Morgan fingerprint density at radius 2 is 1.80 bits per heavy atom. The molecule has 0 aliphatic heterocycles. The summed E-state index contributed by atoms with van der Waals surface area (Å²) >= 11 is 0. The van der Waals surface area contributed by atoms with Crippen LogP contribution in [-0.4, -0.2) is 5.78 Å². The van der Waals surface area contributed by atoms with Crippen LogP contribution in [0.4, 0.5) is 0 Å². The Bertz CT molecular complexity index is 625. The molecule has 1 atom stereocenters. The lowest BCUT2D eigenvalue weighted by Crippen LogP contribution is -2.03. The van der Waals surface area contributed by atoms with E-state index < -0.39 is 0 Å². The van der Waals surface area contributed by atoms with Gasteiger partial charge in [0.2, 0.25) is 0 Å². The van der Waals surface area contributed by atoms with E-state index in [1.54, 1.807) is 0 Å². The van der Waals surface area contributed by atoms with Crippen LogP contribution in [0.1, 0.15) is 47.2 Å². The normalized spacial score (nSPS) is 11.6. The van der Waals surface area contributed by atoms with Crippen molar-refractivity contribution in [2.24, 2.45) is 0 Å². The second-order valence-corrected chi connectivity index (χ2v) is 4.92. The maximum absolute atomic E-state index is 12.4. The lowest BCUT2D eigenvalue weighted by molar-refractivity contribution is 0.103. The first kappa shape index (κ1) is 14.0. The van der Waals surface area contributed by atoms with E-state index in [1.165, 1.54) is 0 Å². The topological polar surface area (TPSA) is 40.9 Å². The Balaban J connectivity index is 2.22. The Morgan fingerprint density at radius 3 is 2.50 bits per heavy atom. The van der Waals surface area contributed by atoms with Gasteiger partial charge in [-0.2, -0.15) is 5.26 Å². The van der Waals surface area contributed by atoms with Crippen LogP contribution in [0.25, 0.3) is 0 Å². The maximum atomic E-state index is 12.4. The number of ketones is 1. The average Bonchev–Trinajstić information content (AvgIpc) is 2.52. The first-order valence-corrected chi connectivity index (χ1v) is 6.79. The third-order valence-corrected chi connectivity index (χ3v) is 3.44. The Morgan fingerprint density at radius 1 is 1.10 bits per heavy atom. The van der Waals surface area contributed by atoms with Crippen LogP contribution >= 0.6 is 0 Å². The minimum atomic E-state index is 0.0416. The summed E-state index contributed by atoms with van der Waals surface area (Å²) in [5, 5.41) is 8.65. The van der Waals surface area contributed by atoms with E-state index in [0.29, 0.717) is 17.5 Å². The Hall–Kier alpha value is -2.40. The molecule has 0 aromatic heterocycles. The van der Waals surface area contributed by atoms with Gasteiger partial charge in [0.25, 0.3) is 0 Å². The maximum Gasteiger partial charge on any atom is 0.193 e. The third-order valence-electron chi connectivity index (χ3n) is 3.44. The lowest BCUT2D eigenvalue weighted by atomic mass is 9.93. The summed E-state index contributed by atoms with van der Waals surface area (Å²) in [4.78, 5) is 12.4. The number of nitrogens with zero attached hydrogens (tertiary/aromatic N) is 1. The van der Waals surface area contributed by atoms with Gasteiger partial charge in [-0.25, -0.2) is 0 Å². The average molecular weight is 263 g/mol. The van der Waals surface area contributed by atoms with Gasteiger partial charge >= 0.3 is 0 Å². The fraction of sp³-hybridized carbons (Fsp3) is 0.222. The molecule has 0 aliphatic carbocycles. The lowest BCUT2D eigenvalue weighted by Gasteiger charge is -2.11. The quantitative estimate of drug-likeness (QED) is 0.753. The largest absolute Gasteiger partial charge is 0.289 e. The van der Waals surface area contributed by atoms with Crippen LogP contribution < -0.4 is 0 Å². The van der Waals surface area contributed by atoms with Gasteiger partial charge in [-0.3, -0.25) is 4.79 Å². The van der Waals surface area contributed by atoms with Gasteiger partial charge < -0.3 is 0 Å². The van der Waals surface area contributed by atoms with Crippen molar-refractivity contribution < 1.29 is 4.79 Å². The van der Waals surface area contributed by atoms with Crippen LogP contribution in [-0.2, 0) is 0 Å². The van der Waals surface area contributed by atoms with Gasteiger partial charge in [0.05, 0.1) is 6.07 Å². The Labute approximate surface area is 119 Å². The molecule has 0 bridgehead atoms. The summed E-state index contributed by atoms with van der Waals surface area (Å²) in [6.07, 6.45) is 1.36. The molecular weight excluding hydrogens is 246 g/mol. The van der Waals surface area contributed by atoms with Crippen molar-refractivity contribution in [1.29, 1.82) is 5.26 Å². The number of benzene rings is 2. The van der Waals surface area contributed by atoms with Crippen LogP contribution in [0.3, 0.4) is 0 Å². The molecule has 2 heteroatoms. The molecule has 1 unspecified atom stereocenters. The summed E-state index contributed by atoms with van der Waals surface area (Å²) < 4.78 is 0. The zero-order chi connectivity index (χ0) is 14.4. The second-order valence-electron chi connectivity index (χ2n) is 4.92. The number of hydrogen-bond donors (Lipinski definition) is 0. The molecule has 0 radical (unpaired) electrons. The number of carbonyl (C=O) groups is 1. The molecule has 2 nitrogen and oxygen atoms in total. The molecule has 0 spiro atoms. The highest BCUT2D eigenvalue weighted by molar-refractivity contribution is 6.09. The van der Waals surface area contributed by atoms with Crippen LogP contribution in [0.2, 0.25) is 0 Å². The van der Waals surface area contributed by atoms with Gasteiger partial charge in [0.1, 0.15) is 0 Å². The van der Waals surface area contributed by atoms with E-state index >= 15 is 0 Å². The van der Waals surface area contributed by atoms with Crippen molar-refractivity contribution in [2.45, 2.75) is 25.7 Å². The SMILES string of the molecule is CC(CCC#N)c1cccc(C(=O)c2ccccc2)c1. The predicted molar refractivity (Wildman–Crippen MR) is 79.6 cm³/mol. The monoisotopic (exact) mass is 263 g/mol. The molecule has 100 valence electrons. The second kappa shape index (κ2) is 6.68. The van der Waals surface area contributed by atoms with Crippen molar-refractivity contribution in [3.63, 3.8) is 0 Å². The van der Waals surface area contributed by atoms with E-state index in [0.717, 1.165) is 12.0 Å². The van der Waals surface area contributed by atoms with Gasteiger partial charge in [0, 0.05) is 17.5 Å². The molecule has 2 rings (SSSR count). The van der Waals surface area contributed by atoms with E-state index in [-0.39, 0.29) is 11.7 Å². The molecule has 0 aliphatic rings. The third kappa shape index (κ3) is 3.33. The molecule has 0 heterocycles. The number of nitriles is 1. The van der Waals surface area contributed by atoms with Crippen LogP contribution in [0, 0.1) is 11.3 Å². The van der Waals surface area contributed by atoms with Gasteiger partial charge in [-0.1, -0.05) is 55.5 Å². The van der Waals surface area contributed by atoms with E-state index in [2.05, 4.69) is 13.0 Å². The molecule has 0 fully saturated rings. The van der Waals surface area contributed by atoms with Crippen molar-refractivity contribution in [3.8, 4) is 6.07 Å². The van der Waals surface area contributed by atoms with Crippen molar-refractivity contribution in [2.75, 3.05) is 0 Å². The smallest absolute Gasteiger partial charge is 0.193 e. The van der Waals surface area contributed by atoms with Crippen LogP contribution in [0.15, 0.2) is 54.6 Å². The molecular formula is C18H17NO. The zero-order valence-electron chi connectivity index (χ0n) is 11.5. The molecule has 2 aromatic carbocycles.